The molecule has 0 bridgehead atoms. The molecule has 1 nitrogen and oxygen atoms in total. The standard InChI is InChI=1S/C17H25N/c1-2-18-17-11-7-6-10-14(17)16-12-15(16)13-8-4-3-5-9-13/h3-5,8-9,14-18H,2,6-7,10-12H2,1H3. The Balaban J connectivity index is 1.65. The summed E-state index contributed by atoms with van der Waals surface area (Å²) >= 11 is 0. The highest BCUT2D eigenvalue weighted by molar-refractivity contribution is 5.26. The lowest BCUT2D eigenvalue weighted by Gasteiger charge is -2.32. The molecule has 0 saturated heterocycles. The summed E-state index contributed by atoms with van der Waals surface area (Å²) < 4.78 is 0. The second kappa shape index (κ2) is 5.44. The van der Waals surface area contributed by atoms with Crippen LogP contribution in [0.5, 0.6) is 0 Å². The highest BCUT2D eigenvalue weighted by Gasteiger charge is 2.46. The van der Waals surface area contributed by atoms with Crippen molar-refractivity contribution in [1.29, 1.82) is 0 Å². The minimum absolute atomic E-state index is 0.794. The molecule has 4 atom stereocenters. The van der Waals surface area contributed by atoms with E-state index in [9.17, 15) is 0 Å². The quantitative estimate of drug-likeness (QED) is 0.844. The lowest BCUT2D eigenvalue weighted by Crippen LogP contribution is -2.39. The predicted octanol–water partition coefficient (Wildman–Crippen LogP) is 3.96. The van der Waals surface area contributed by atoms with E-state index in [4.69, 9.17) is 0 Å². The summed E-state index contributed by atoms with van der Waals surface area (Å²) in [6.45, 7) is 3.37. The Morgan fingerprint density at radius 3 is 2.61 bits per heavy atom. The molecule has 3 rings (SSSR count). The predicted molar refractivity (Wildman–Crippen MR) is 76.7 cm³/mol. The summed E-state index contributed by atoms with van der Waals surface area (Å²) in [6, 6.07) is 11.9. The molecule has 0 spiro atoms. The van der Waals surface area contributed by atoms with Crippen LogP contribution >= 0.6 is 0 Å². The fourth-order valence-electron chi connectivity index (χ4n) is 3.96. The molecule has 2 fully saturated rings. The number of hydrogen-bond acceptors (Lipinski definition) is 1. The molecular weight excluding hydrogens is 218 g/mol. The van der Waals surface area contributed by atoms with E-state index in [0.29, 0.717) is 0 Å². The summed E-state index contributed by atoms with van der Waals surface area (Å²) in [6.07, 6.45) is 7.15. The number of nitrogens with one attached hydrogen (secondary N) is 1. The monoisotopic (exact) mass is 243 g/mol. The largest absolute Gasteiger partial charge is 0.314 e. The molecule has 0 aromatic heterocycles. The van der Waals surface area contributed by atoms with Crippen molar-refractivity contribution in [3.8, 4) is 0 Å². The molecular formula is C17H25N. The first kappa shape index (κ1) is 12.2. The topological polar surface area (TPSA) is 12.0 Å². The van der Waals surface area contributed by atoms with Gasteiger partial charge in [-0.05, 0) is 49.1 Å². The Bertz CT molecular complexity index is 370. The van der Waals surface area contributed by atoms with E-state index in [1.807, 2.05) is 0 Å². The van der Waals surface area contributed by atoms with Gasteiger partial charge in [-0.25, -0.2) is 0 Å². The van der Waals surface area contributed by atoms with Gasteiger partial charge in [-0.15, -0.1) is 0 Å². The third kappa shape index (κ3) is 2.47. The molecule has 0 radical (unpaired) electrons. The van der Waals surface area contributed by atoms with Gasteiger partial charge in [0, 0.05) is 6.04 Å². The van der Waals surface area contributed by atoms with Gasteiger partial charge < -0.3 is 5.32 Å². The van der Waals surface area contributed by atoms with Crippen LogP contribution in [0.15, 0.2) is 30.3 Å². The van der Waals surface area contributed by atoms with Gasteiger partial charge in [-0.3, -0.25) is 0 Å². The van der Waals surface area contributed by atoms with E-state index >= 15 is 0 Å². The van der Waals surface area contributed by atoms with Crippen molar-refractivity contribution in [2.24, 2.45) is 11.8 Å². The molecule has 1 aromatic carbocycles. The van der Waals surface area contributed by atoms with Gasteiger partial charge in [0.1, 0.15) is 0 Å². The van der Waals surface area contributed by atoms with Crippen LogP contribution in [0, 0.1) is 11.8 Å². The zero-order chi connectivity index (χ0) is 12.4. The molecule has 1 N–H and O–H groups in total. The van der Waals surface area contributed by atoms with Crippen LogP contribution in [0.4, 0.5) is 0 Å². The summed E-state index contributed by atoms with van der Waals surface area (Å²) in [5.74, 6) is 2.75. The Morgan fingerprint density at radius 2 is 1.83 bits per heavy atom. The van der Waals surface area contributed by atoms with Crippen molar-refractivity contribution in [3.63, 3.8) is 0 Å². The van der Waals surface area contributed by atoms with Gasteiger partial charge in [-0.2, -0.15) is 0 Å². The maximum Gasteiger partial charge on any atom is 0.00980 e. The minimum atomic E-state index is 0.794. The van der Waals surface area contributed by atoms with Gasteiger partial charge in [-0.1, -0.05) is 50.1 Å². The van der Waals surface area contributed by atoms with E-state index in [0.717, 1.165) is 30.3 Å². The summed E-state index contributed by atoms with van der Waals surface area (Å²) in [5, 5.41) is 3.73. The first-order valence-electron chi connectivity index (χ1n) is 7.68. The van der Waals surface area contributed by atoms with Crippen LogP contribution in [0.2, 0.25) is 0 Å². The van der Waals surface area contributed by atoms with E-state index in [1.54, 1.807) is 5.56 Å². The zero-order valence-electron chi connectivity index (χ0n) is 11.4. The van der Waals surface area contributed by atoms with E-state index in [1.165, 1.54) is 32.1 Å². The highest BCUT2D eigenvalue weighted by Crippen LogP contribution is 2.55. The third-order valence-corrected chi connectivity index (χ3v) is 4.90. The third-order valence-electron chi connectivity index (χ3n) is 4.90. The molecule has 1 heteroatoms. The lowest BCUT2D eigenvalue weighted by molar-refractivity contribution is 0.236. The van der Waals surface area contributed by atoms with Crippen LogP contribution in [-0.4, -0.2) is 12.6 Å². The Labute approximate surface area is 111 Å². The molecule has 4 unspecified atom stereocenters. The molecule has 0 aliphatic heterocycles. The average molecular weight is 243 g/mol. The Morgan fingerprint density at radius 1 is 1.06 bits per heavy atom. The average Bonchev–Trinajstić information content (AvgIpc) is 3.21. The summed E-state index contributed by atoms with van der Waals surface area (Å²) in [5.41, 5.74) is 1.57. The Hall–Kier alpha value is -0.820. The fourth-order valence-corrected chi connectivity index (χ4v) is 3.96. The van der Waals surface area contributed by atoms with E-state index < -0.39 is 0 Å². The number of hydrogen-bond donors (Lipinski definition) is 1. The second-order valence-electron chi connectivity index (χ2n) is 6.03. The van der Waals surface area contributed by atoms with E-state index in [-0.39, 0.29) is 0 Å². The van der Waals surface area contributed by atoms with Crippen molar-refractivity contribution in [2.45, 2.75) is 51.0 Å². The highest BCUT2D eigenvalue weighted by atomic mass is 14.9. The van der Waals surface area contributed by atoms with Crippen molar-refractivity contribution in [3.05, 3.63) is 35.9 Å². The van der Waals surface area contributed by atoms with Crippen LogP contribution in [-0.2, 0) is 0 Å². The maximum atomic E-state index is 3.73. The minimum Gasteiger partial charge on any atom is -0.314 e. The van der Waals surface area contributed by atoms with Crippen LogP contribution in [0.1, 0.15) is 50.5 Å². The zero-order valence-corrected chi connectivity index (χ0v) is 11.4. The summed E-state index contributed by atoms with van der Waals surface area (Å²) in [7, 11) is 0. The van der Waals surface area contributed by atoms with Crippen molar-refractivity contribution in [1.82, 2.24) is 5.32 Å². The molecule has 2 saturated carbocycles. The molecule has 0 amide bonds. The molecule has 2 aliphatic carbocycles. The van der Waals surface area contributed by atoms with Gasteiger partial charge in [0.15, 0.2) is 0 Å². The number of benzene rings is 1. The smallest absolute Gasteiger partial charge is 0.00980 e. The SMILES string of the molecule is CCNC1CCCCC1C1CC1c1ccccc1. The molecule has 2 aliphatic rings. The summed E-state index contributed by atoms with van der Waals surface area (Å²) in [4.78, 5) is 0. The Kier molecular flexibility index (Phi) is 3.69. The first-order valence-corrected chi connectivity index (χ1v) is 7.68. The second-order valence-corrected chi connectivity index (χ2v) is 6.03. The fraction of sp³-hybridized carbons (Fsp3) is 0.647. The van der Waals surface area contributed by atoms with Gasteiger partial charge in [0.05, 0.1) is 0 Å². The van der Waals surface area contributed by atoms with Crippen LogP contribution in [0.25, 0.3) is 0 Å². The number of rotatable bonds is 4. The van der Waals surface area contributed by atoms with Crippen LogP contribution < -0.4 is 5.32 Å². The maximum absolute atomic E-state index is 3.73. The molecule has 0 heterocycles. The van der Waals surface area contributed by atoms with Crippen molar-refractivity contribution < 1.29 is 0 Å². The van der Waals surface area contributed by atoms with E-state index in [2.05, 4.69) is 42.6 Å². The van der Waals surface area contributed by atoms with Crippen LogP contribution in [0.3, 0.4) is 0 Å². The molecule has 18 heavy (non-hydrogen) atoms. The van der Waals surface area contributed by atoms with Crippen molar-refractivity contribution >= 4 is 0 Å². The molecule has 1 aromatic rings. The van der Waals surface area contributed by atoms with Gasteiger partial charge >= 0.3 is 0 Å². The first-order chi connectivity index (χ1) is 8.90. The molecule has 98 valence electrons. The van der Waals surface area contributed by atoms with Gasteiger partial charge in [0.2, 0.25) is 0 Å². The normalized spacial score (nSPS) is 35.4. The van der Waals surface area contributed by atoms with Crippen molar-refractivity contribution in [2.75, 3.05) is 6.54 Å². The lowest BCUT2D eigenvalue weighted by atomic mass is 9.80. The van der Waals surface area contributed by atoms with Gasteiger partial charge in [0.25, 0.3) is 0 Å².